The van der Waals surface area contributed by atoms with E-state index in [0.29, 0.717) is 11.3 Å². The molecule has 1 rings (SSSR count). The third-order valence-electron chi connectivity index (χ3n) is 2.14. The zero-order chi connectivity index (χ0) is 10.7. The molecule has 1 amide bonds. The molecule has 0 saturated carbocycles. The summed E-state index contributed by atoms with van der Waals surface area (Å²) in [7, 11) is 0. The molecule has 0 aliphatic rings. The summed E-state index contributed by atoms with van der Waals surface area (Å²) in [6.07, 6.45) is 1.80. The van der Waals surface area contributed by atoms with Gasteiger partial charge in [-0.25, -0.2) is 0 Å². The molecular formula is C11H14N2O. The first kappa shape index (κ1) is 10.3. The normalized spacial score (nSPS) is 11.4. The predicted octanol–water partition coefficient (Wildman–Crippen LogP) is 1.41. The van der Waals surface area contributed by atoms with Crippen molar-refractivity contribution in [1.29, 1.82) is 0 Å². The van der Waals surface area contributed by atoms with E-state index in [4.69, 9.17) is 11.5 Å². The number of hydrogen-bond donors (Lipinski definition) is 2. The lowest BCUT2D eigenvalue weighted by Crippen LogP contribution is -2.12. The summed E-state index contributed by atoms with van der Waals surface area (Å²) in [5.41, 5.74) is 14.0. The SMILES string of the molecule is C/C=C(\N)c1cc(C(N)=O)ccc1C. The Morgan fingerprint density at radius 2 is 2.00 bits per heavy atom. The van der Waals surface area contributed by atoms with Crippen LogP contribution in [0.1, 0.15) is 28.4 Å². The van der Waals surface area contributed by atoms with Crippen LogP contribution in [0.25, 0.3) is 5.70 Å². The highest BCUT2D eigenvalue weighted by atomic mass is 16.1. The van der Waals surface area contributed by atoms with Crippen molar-refractivity contribution >= 4 is 11.6 Å². The van der Waals surface area contributed by atoms with E-state index in [0.717, 1.165) is 11.1 Å². The highest BCUT2D eigenvalue weighted by molar-refractivity contribution is 5.93. The van der Waals surface area contributed by atoms with Crippen LogP contribution in [0.2, 0.25) is 0 Å². The molecule has 0 aliphatic heterocycles. The summed E-state index contributed by atoms with van der Waals surface area (Å²) >= 11 is 0. The fourth-order valence-corrected chi connectivity index (χ4v) is 1.24. The topological polar surface area (TPSA) is 69.1 Å². The Bertz CT molecular complexity index is 394. The molecule has 0 aliphatic carbocycles. The molecule has 0 atom stereocenters. The second-order valence-electron chi connectivity index (χ2n) is 3.14. The van der Waals surface area contributed by atoms with Crippen LogP contribution in [0.15, 0.2) is 24.3 Å². The van der Waals surface area contributed by atoms with Crippen LogP contribution in [-0.4, -0.2) is 5.91 Å². The molecule has 0 fully saturated rings. The van der Waals surface area contributed by atoms with Crippen molar-refractivity contribution in [3.05, 3.63) is 41.0 Å². The van der Waals surface area contributed by atoms with Gasteiger partial charge in [0, 0.05) is 16.8 Å². The number of carbonyl (C=O) groups is 1. The van der Waals surface area contributed by atoms with E-state index in [1.807, 2.05) is 19.9 Å². The molecule has 0 radical (unpaired) electrons. The summed E-state index contributed by atoms with van der Waals surface area (Å²) in [6.45, 7) is 3.79. The van der Waals surface area contributed by atoms with Gasteiger partial charge in [-0.1, -0.05) is 12.1 Å². The lowest BCUT2D eigenvalue weighted by molar-refractivity contribution is 0.100. The first-order valence-corrected chi connectivity index (χ1v) is 4.39. The summed E-state index contributed by atoms with van der Waals surface area (Å²) in [5, 5.41) is 0. The molecule has 0 heterocycles. The molecule has 3 nitrogen and oxygen atoms in total. The maximum absolute atomic E-state index is 10.9. The summed E-state index contributed by atoms with van der Waals surface area (Å²) in [5.74, 6) is -0.435. The van der Waals surface area contributed by atoms with E-state index in [9.17, 15) is 4.79 Å². The van der Waals surface area contributed by atoms with Crippen molar-refractivity contribution in [1.82, 2.24) is 0 Å². The molecule has 1 aromatic rings. The van der Waals surface area contributed by atoms with Crippen molar-refractivity contribution in [3.8, 4) is 0 Å². The fourth-order valence-electron chi connectivity index (χ4n) is 1.24. The molecule has 3 heteroatoms. The Labute approximate surface area is 83.4 Å². The number of amides is 1. The van der Waals surface area contributed by atoms with E-state index >= 15 is 0 Å². The van der Waals surface area contributed by atoms with E-state index in [1.54, 1.807) is 18.2 Å². The van der Waals surface area contributed by atoms with Gasteiger partial charge in [0.1, 0.15) is 0 Å². The smallest absolute Gasteiger partial charge is 0.248 e. The number of benzene rings is 1. The van der Waals surface area contributed by atoms with Crippen molar-refractivity contribution < 1.29 is 4.79 Å². The molecule has 1 aromatic carbocycles. The molecule has 0 spiro atoms. The minimum absolute atomic E-state index is 0.435. The van der Waals surface area contributed by atoms with Crippen molar-refractivity contribution in [2.45, 2.75) is 13.8 Å². The van der Waals surface area contributed by atoms with Crippen LogP contribution < -0.4 is 11.5 Å². The molecule has 0 aromatic heterocycles. The Balaban J connectivity index is 3.28. The van der Waals surface area contributed by atoms with Crippen molar-refractivity contribution in [2.75, 3.05) is 0 Å². The molecule has 0 saturated heterocycles. The van der Waals surface area contributed by atoms with Gasteiger partial charge < -0.3 is 11.5 Å². The minimum atomic E-state index is -0.435. The Hall–Kier alpha value is -1.77. The Morgan fingerprint density at radius 1 is 1.36 bits per heavy atom. The van der Waals surface area contributed by atoms with E-state index in [1.165, 1.54) is 0 Å². The molecule has 0 unspecified atom stereocenters. The average molecular weight is 190 g/mol. The monoisotopic (exact) mass is 190 g/mol. The molecular weight excluding hydrogens is 176 g/mol. The molecule has 74 valence electrons. The van der Waals surface area contributed by atoms with Gasteiger partial charge in [0.05, 0.1) is 0 Å². The first-order chi connectivity index (χ1) is 6.56. The number of allylic oxidation sites excluding steroid dienone is 1. The standard InChI is InChI=1S/C11H14N2O/c1-3-10(12)9-6-8(11(13)14)5-4-7(9)2/h3-6H,12H2,1-2H3,(H2,13,14)/b10-3-. The van der Waals surface area contributed by atoms with E-state index < -0.39 is 5.91 Å². The molecule has 14 heavy (non-hydrogen) atoms. The maximum atomic E-state index is 10.9. The van der Waals surface area contributed by atoms with Crippen LogP contribution >= 0.6 is 0 Å². The fraction of sp³-hybridized carbons (Fsp3) is 0.182. The predicted molar refractivity (Wildman–Crippen MR) is 57.5 cm³/mol. The number of nitrogens with two attached hydrogens (primary N) is 2. The van der Waals surface area contributed by atoms with Gasteiger partial charge >= 0.3 is 0 Å². The lowest BCUT2D eigenvalue weighted by atomic mass is 10.0. The van der Waals surface area contributed by atoms with E-state index in [-0.39, 0.29) is 0 Å². The van der Waals surface area contributed by atoms with Crippen LogP contribution in [0, 0.1) is 6.92 Å². The number of hydrogen-bond acceptors (Lipinski definition) is 2. The molecule has 4 N–H and O–H groups in total. The van der Waals surface area contributed by atoms with Crippen molar-refractivity contribution in [3.63, 3.8) is 0 Å². The minimum Gasteiger partial charge on any atom is -0.399 e. The Kier molecular flexibility index (Phi) is 2.92. The van der Waals surface area contributed by atoms with Gasteiger partial charge in [0.25, 0.3) is 0 Å². The largest absolute Gasteiger partial charge is 0.399 e. The second kappa shape index (κ2) is 3.96. The maximum Gasteiger partial charge on any atom is 0.248 e. The van der Waals surface area contributed by atoms with Crippen LogP contribution in [-0.2, 0) is 0 Å². The summed E-state index contributed by atoms with van der Waals surface area (Å²) in [6, 6.07) is 5.25. The van der Waals surface area contributed by atoms with E-state index in [2.05, 4.69) is 0 Å². The average Bonchev–Trinajstić information content (AvgIpc) is 2.17. The third kappa shape index (κ3) is 1.93. The zero-order valence-electron chi connectivity index (χ0n) is 8.37. The van der Waals surface area contributed by atoms with Gasteiger partial charge in [-0.2, -0.15) is 0 Å². The number of carbonyl (C=O) groups excluding carboxylic acids is 1. The van der Waals surface area contributed by atoms with Crippen LogP contribution in [0.3, 0.4) is 0 Å². The first-order valence-electron chi connectivity index (χ1n) is 4.39. The quantitative estimate of drug-likeness (QED) is 0.740. The van der Waals surface area contributed by atoms with Gasteiger partial charge in [0.15, 0.2) is 0 Å². The van der Waals surface area contributed by atoms with Gasteiger partial charge in [-0.15, -0.1) is 0 Å². The lowest BCUT2D eigenvalue weighted by Gasteiger charge is -2.07. The third-order valence-corrected chi connectivity index (χ3v) is 2.14. The number of aryl methyl sites for hydroxylation is 1. The van der Waals surface area contributed by atoms with Gasteiger partial charge in [-0.3, -0.25) is 4.79 Å². The number of rotatable bonds is 2. The van der Waals surface area contributed by atoms with Gasteiger partial charge in [0.2, 0.25) is 5.91 Å². The molecule has 0 bridgehead atoms. The van der Waals surface area contributed by atoms with Crippen LogP contribution in [0.4, 0.5) is 0 Å². The Morgan fingerprint density at radius 3 is 2.50 bits per heavy atom. The van der Waals surface area contributed by atoms with Crippen molar-refractivity contribution in [2.24, 2.45) is 11.5 Å². The zero-order valence-corrected chi connectivity index (χ0v) is 8.37. The van der Waals surface area contributed by atoms with Crippen LogP contribution in [0.5, 0.6) is 0 Å². The van der Waals surface area contributed by atoms with Gasteiger partial charge in [-0.05, 0) is 31.5 Å². The summed E-state index contributed by atoms with van der Waals surface area (Å²) in [4.78, 5) is 10.9. The highest BCUT2D eigenvalue weighted by Crippen LogP contribution is 2.16. The highest BCUT2D eigenvalue weighted by Gasteiger charge is 2.05. The summed E-state index contributed by atoms with van der Waals surface area (Å²) < 4.78 is 0. The number of primary amides is 1. The second-order valence-corrected chi connectivity index (χ2v) is 3.14.